The topological polar surface area (TPSA) is 12.0 Å². The van der Waals surface area contributed by atoms with Crippen molar-refractivity contribution in [1.82, 2.24) is 5.32 Å². The minimum atomic E-state index is 0.407. The van der Waals surface area contributed by atoms with E-state index in [9.17, 15) is 0 Å². The van der Waals surface area contributed by atoms with Crippen LogP contribution in [0, 0.1) is 5.92 Å². The lowest BCUT2D eigenvalue weighted by atomic mass is 9.84. The molecule has 0 spiro atoms. The Bertz CT molecular complexity index is 114. The fourth-order valence-electron chi connectivity index (χ4n) is 2.03. The van der Waals surface area contributed by atoms with Crippen molar-refractivity contribution in [2.45, 2.75) is 65.8 Å². The van der Waals surface area contributed by atoms with Gasteiger partial charge >= 0.3 is 0 Å². The van der Waals surface area contributed by atoms with E-state index in [1.54, 1.807) is 0 Å². The molecule has 1 nitrogen and oxygen atoms in total. The van der Waals surface area contributed by atoms with E-state index in [0.29, 0.717) is 5.54 Å². The summed E-state index contributed by atoms with van der Waals surface area (Å²) in [5.41, 5.74) is 0.407. The van der Waals surface area contributed by atoms with E-state index < -0.39 is 0 Å². The molecule has 80 valence electrons. The normalized spacial score (nSPS) is 12.5. The molecule has 1 N–H and O–H groups in total. The molecule has 0 rings (SSSR count). The Hall–Kier alpha value is -0.0400. The van der Waals surface area contributed by atoms with Crippen LogP contribution in [-0.2, 0) is 0 Å². The molecule has 0 saturated carbocycles. The molecule has 0 aromatic carbocycles. The maximum absolute atomic E-state index is 3.71. The highest BCUT2D eigenvalue weighted by Gasteiger charge is 2.25. The second-order valence-corrected chi connectivity index (χ2v) is 4.51. The molecule has 0 aliphatic carbocycles. The Kier molecular flexibility index (Phi) is 6.40. The summed E-state index contributed by atoms with van der Waals surface area (Å²) in [5, 5.41) is 3.71. The summed E-state index contributed by atoms with van der Waals surface area (Å²) in [6.45, 7) is 12.6. The number of hydrogen-bond acceptors (Lipinski definition) is 1. The Morgan fingerprint density at radius 3 is 1.92 bits per heavy atom. The van der Waals surface area contributed by atoms with Crippen LogP contribution in [0.5, 0.6) is 0 Å². The van der Waals surface area contributed by atoms with Gasteiger partial charge in [0.1, 0.15) is 0 Å². The van der Waals surface area contributed by atoms with Crippen molar-refractivity contribution in [3.05, 3.63) is 0 Å². The molecule has 1 heteroatoms. The van der Waals surface area contributed by atoms with Crippen LogP contribution in [0.3, 0.4) is 0 Å². The van der Waals surface area contributed by atoms with Crippen molar-refractivity contribution >= 4 is 0 Å². The first-order valence-electron chi connectivity index (χ1n) is 5.85. The zero-order valence-corrected chi connectivity index (χ0v) is 10.1. The summed E-state index contributed by atoms with van der Waals surface area (Å²) < 4.78 is 0. The Morgan fingerprint density at radius 2 is 1.62 bits per heavy atom. The summed E-state index contributed by atoms with van der Waals surface area (Å²) in [6, 6.07) is 0. The van der Waals surface area contributed by atoms with E-state index in [4.69, 9.17) is 0 Å². The van der Waals surface area contributed by atoms with Crippen molar-refractivity contribution < 1.29 is 0 Å². The molecule has 0 aromatic heterocycles. The molecule has 0 amide bonds. The molecule has 0 unspecified atom stereocenters. The van der Waals surface area contributed by atoms with E-state index >= 15 is 0 Å². The summed E-state index contributed by atoms with van der Waals surface area (Å²) >= 11 is 0. The molecule has 0 radical (unpaired) electrons. The third-order valence-corrected chi connectivity index (χ3v) is 2.90. The lowest BCUT2D eigenvalue weighted by Gasteiger charge is -2.35. The van der Waals surface area contributed by atoms with Gasteiger partial charge in [-0.2, -0.15) is 0 Å². The van der Waals surface area contributed by atoms with E-state index in [1.165, 1.54) is 25.7 Å². The van der Waals surface area contributed by atoms with Gasteiger partial charge in [-0.25, -0.2) is 0 Å². The molecular weight excluding hydrogens is 158 g/mol. The minimum Gasteiger partial charge on any atom is -0.311 e. The molecular formula is C12H27N. The largest absolute Gasteiger partial charge is 0.311 e. The molecule has 0 heterocycles. The van der Waals surface area contributed by atoms with Crippen molar-refractivity contribution in [2.75, 3.05) is 6.54 Å². The summed E-state index contributed by atoms with van der Waals surface area (Å²) in [4.78, 5) is 0. The quantitative estimate of drug-likeness (QED) is 0.639. The van der Waals surface area contributed by atoms with E-state index in [2.05, 4.69) is 39.9 Å². The molecule has 0 fully saturated rings. The monoisotopic (exact) mass is 185 g/mol. The van der Waals surface area contributed by atoms with Crippen molar-refractivity contribution in [3.63, 3.8) is 0 Å². The molecule has 0 atom stereocenters. The summed E-state index contributed by atoms with van der Waals surface area (Å²) in [6.07, 6.45) is 5.04. The van der Waals surface area contributed by atoms with E-state index in [0.717, 1.165) is 12.5 Å². The number of nitrogens with one attached hydrogen (secondary N) is 1. The predicted octanol–water partition coefficient (Wildman–Crippen LogP) is 3.59. The first-order valence-corrected chi connectivity index (χ1v) is 5.85. The SMILES string of the molecule is CCCNC(CC)(CC)CC(C)C. The highest BCUT2D eigenvalue weighted by molar-refractivity contribution is 4.85. The van der Waals surface area contributed by atoms with Crippen LogP contribution in [0.4, 0.5) is 0 Å². The molecule has 0 bridgehead atoms. The average molecular weight is 185 g/mol. The first-order chi connectivity index (χ1) is 6.10. The Labute approximate surface area is 84.3 Å². The zero-order valence-electron chi connectivity index (χ0n) is 10.1. The molecule has 0 aliphatic rings. The maximum Gasteiger partial charge on any atom is 0.0178 e. The van der Waals surface area contributed by atoms with Gasteiger partial charge in [0, 0.05) is 5.54 Å². The standard InChI is InChI=1S/C12H27N/c1-6-9-13-12(7-2,8-3)10-11(4)5/h11,13H,6-10H2,1-5H3. The van der Waals surface area contributed by atoms with Gasteiger partial charge in [-0.1, -0.05) is 34.6 Å². The fourth-order valence-corrected chi connectivity index (χ4v) is 2.03. The van der Waals surface area contributed by atoms with Crippen LogP contribution < -0.4 is 5.32 Å². The third kappa shape index (κ3) is 4.66. The Morgan fingerprint density at radius 1 is 1.08 bits per heavy atom. The third-order valence-electron chi connectivity index (χ3n) is 2.90. The first kappa shape index (κ1) is 13.0. The van der Waals surface area contributed by atoms with E-state index in [1.807, 2.05) is 0 Å². The fraction of sp³-hybridized carbons (Fsp3) is 1.00. The van der Waals surface area contributed by atoms with Gasteiger partial charge in [0.05, 0.1) is 0 Å². The van der Waals surface area contributed by atoms with Crippen LogP contribution in [-0.4, -0.2) is 12.1 Å². The van der Waals surface area contributed by atoms with Gasteiger partial charge in [0.25, 0.3) is 0 Å². The minimum absolute atomic E-state index is 0.407. The zero-order chi connectivity index (χ0) is 10.3. The lowest BCUT2D eigenvalue weighted by Crippen LogP contribution is -2.45. The highest BCUT2D eigenvalue weighted by Crippen LogP contribution is 2.24. The average Bonchev–Trinajstić information content (AvgIpc) is 2.12. The Balaban J connectivity index is 4.13. The second-order valence-electron chi connectivity index (χ2n) is 4.51. The number of hydrogen-bond donors (Lipinski definition) is 1. The molecule has 13 heavy (non-hydrogen) atoms. The van der Waals surface area contributed by atoms with Gasteiger partial charge in [0.15, 0.2) is 0 Å². The van der Waals surface area contributed by atoms with Gasteiger partial charge in [-0.3, -0.25) is 0 Å². The van der Waals surface area contributed by atoms with Crippen molar-refractivity contribution in [1.29, 1.82) is 0 Å². The molecule has 0 aliphatic heterocycles. The van der Waals surface area contributed by atoms with Crippen LogP contribution in [0.25, 0.3) is 0 Å². The smallest absolute Gasteiger partial charge is 0.0178 e. The summed E-state index contributed by atoms with van der Waals surface area (Å²) in [7, 11) is 0. The van der Waals surface area contributed by atoms with Crippen molar-refractivity contribution in [2.24, 2.45) is 5.92 Å². The second kappa shape index (κ2) is 6.42. The van der Waals surface area contributed by atoms with Crippen LogP contribution in [0.1, 0.15) is 60.3 Å². The van der Waals surface area contributed by atoms with Crippen LogP contribution >= 0.6 is 0 Å². The summed E-state index contributed by atoms with van der Waals surface area (Å²) in [5.74, 6) is 0.796. The predicted molar refractivity (Wildman–Crippen MR) is 61.1 cm³/mol. The van der Waals surface area contributed by atoms with Gasteiger partial charge in [-0.05, 0) is 38.1 Å². The van der Waals surface area contributed by atoms with Gasteiger partial charge in [-0.15, -0.1) is 0 Å². The highest BCUT2D eigenvalue weighted by atomic mass is 15.0. The van der Waals surface area contributed by atoms with Crippen molar-refractivity contribution in [3.8, 4) is 0 Å². The van der Waals surface area contributed by atoms with Gasteiger partial charge < -0.3 is 5.32 Å². The maximum atomic E-state index is 3.71. The van der Waals surface area contributed by atoms with Gasteiger partial charge in [0.2, 0.25) is 0 Å². The van der Waals surface area contributed by atoms with E-state index in [-0.39, 0.29) is 0 Å². The number of rotatable bonds is 7. The lowest BCUT2D eigenvalue weighted by molar-refractivity contribution is 0.249. The molecule has 0 saturated heterocycles. The van der Waals surface area contributed by atoms with Crippen LogP contribution in [0.15, 0.2) is 0 Å². The van der Waals surface area contributed by atoms with Crippen LogP contribution in [0.2, 0.25) is 0 Å². The molecule has 0 aromatic rings.